The first-order chi connectivity index (χ1) is 10.8. The second-order valence-corrected chi connectivity index (χ2v) is 5.22. The molecule has 3 aromatic rings. The van der Waals surface area contributed by atoms with E-state index in [0.717, 1.165) is 28.5 Å². The number of hydrogen-bond donors (Lipinski definition) is 1. The lowest BCUT2D eigenvalue weighted by Gasteiger charge is -2.19. The SMILES string of the molecule is CCOc1ccc(C2=Nc3cccc4cccc(c34)N2)cc1. The Morgan fingerprint density at radius 2 is 1.73 bits per heavy atom. The van der Waals surface area contributed by atoms with E-state index in [0.29, 0.717) is 6.61 Å². The van der Waals surface area contributed by atoms with Crippen LogP contribution in [0.4, 0.5) is 11.4 Å². The Bertz CT molecular complexity index is 861. The zero-order chi connectivity index (χ0) is 14.9. The van der Waals surface area contributed by atoms with Gasteiger partial charge in [0.15, 0.2) is 0 Å². The van der Waals surface area contributed by atoms with E-state index in [9.17, 15) is 0 Å². The number of hydrogen-bond acceptors (Lipinski definition) is 3. The van der Waals surface area contributed by atoms with Gasteiger partial charge >= 0.3 is 0 Å². The summed E-state index contributed by atoms with van der Waals surface area (Å²) < 4.78 is 5.49. The van der Waals surface area contributed by atoms with Gasteiger partial charge in [0.25, 0.3) is 0 Å². The molecule has 3 aromatic carbocycles. The van der Waals surface area contributed by atoms with Gasteiger partial charge in [-0.1, -0.05) is 24.3 Å². The maximum absolute atomic E-state index is 5.49. The standard InChI is InChI=1S/C19H16N2O/c1-2-22-15-11-9-14(10-12-15)19-20-16-7-3-5-13-6-4-8-17(21-19)18(13)16/h3-12H,2H2,1H3,(H,20,21). The number of amidine groups is 1. The van der Waals surface area contributed by atoms with E-state index in [-0.39, 0.29) is 0 Å². The summed E-state index contributed by atoms with van der Waals surface area (Å²) in [6, 6.07) is 20.5. The zero-order valence-corrected chi connectivity index (χ0v) is 12.3. The molecule has 4 rings (SSSR count). The first-order valence-electron chi connectivity index (χ1n) is 7.46. The number of nitrogens with one attached hydrogen (secondary N) is 1. The molecule has 0 unspecified atom stereocenters. The highest BCUT2D eigenvalue weighted by Crippen LogP contribution is 2.36. The number of benzene rings is 3. The van der Waals surface area contributed by atoms with Crippen molar-refractivity contribution in [2.45, 2.75) is 6.92 Å². The van der Waals surface area contributed by atoms with Crippen LogP contribution in [0.1, 0.15) is 12.5 Å². The fourth-order valence-corrected chi connectivity index (χ4v) is 2.81. The van der Waals surface area contributed by atoms with Crippen molar-refractivity contribution in [1.29, 1.82) is 0 Å². The number of ether oxygens (including phenoxy) is 1. The van der Waals surface area contributed by atoms with Gasteiger partial charge in [-0.3, -0.25) is 0 Å². The topological polar surface area (TPSA) is 33.6 Å². The van der Waals surface area contributed by atoms with E-state index >= 15 is 0 Å². The summed E-state index contributed by atoms with van der Waals surface area (Å²) in [6.45, 7) is 2.66. The van der Waals surface area contributed by atoms with E-state index in [4.69, 9.17) is 9.73 Å². The summed E-state index contributed by atoms with van der Waals surface area (Å²) in [7, 11) is 0. The van der Waals surface area contributed by atoms with Crippen molar-refractivity contribution in [3.05, 3.63) is 66.2 Å². The van der Waals surface area contributed by atoms with Crippen molar-refractivity contribution in [3.8, 4) is 5.75 Å². The van der Waals surface area contributed by atoms with E-state index in [1.54, 1.807) is 0 Å². The molecular formula is C19H16N2O. The van der Waals surface area contributed by atoms with Gasteiger partial charge in [-0.25, -0.2) is 4.99 Å². The van der Waals surface area contributed by atoms with Gasteiger partial charge in [0.1, 0.15) is 11.6 Å². The van der Waals surface area contributed by atoms with Crippen LogP contribution in [0, 0.1) is 0 Å². The predicted octanol–water partition coefficient (Wildman–Crippen LogP) is 4.74. The molecule has 0 amide bonds. The van der Waals surface area contributed by atoms with Crippen LogP contribution in [-0.2, 0) is 0 Å². The van der Waals surface area contributed by atoms with E-state index in [2.05, 4.69) is 35.6 Å². The zero-order valence-electron chi connectivity index (χ0n) is 12.3. The molecule has 0 atom stereocenters. The molecule has 3 heteroatoms. The monoisotopic (exact) mass is 288 g/mol. The lowest BCUT2D eigenvalue weighted by Crippen LogP contribution is -2.16. The average Bonchev–Trinajstić information content (AvgIpc) is 2.56. The molecule has 1 N–H and O–H groups in total. The van der Waals surface area contributed by atoms with Crippen molar-refractivity contribution >= 4 is 28.0 Å². The summed E-state index contributed by atoms with van der Waals surface area (Å²) >= 11 is 0. The van der Waals surface area contributed by atoms with Crippen molar-refractivity contribution in [2.75, 3.05) is 11.9 Å². The highest BCUT2D eigenvalue weighted by atomic mass is 16.5. The van der Waals surface area contributed by atoms with Gasteiger partial charge in [0, 0.05) is 16.6 Å². The molecule has 0 spiro atoms. The van der Waals surface area contributed by atoms with Crippen LogP contribution in [-0.4, -0.2) is 12.4 Å². The van der Waals surface area contributed by atoms with Crippen LogP contribution < -0.4 is 10.1 Å². The maximum atomic E-state index is 5.49. The molecule has 0 saturated heterocycles. The largest absolute Gasteiger partial charge is 0.494 e. The highest BCUT2D eigenvalue weighted by molar-refractivity contribution is 6.18. The number of rotatable bonds is 3. The molecule has 0 fully saturated rings. The Balaban J connectivity index is 1.78. The fourth-order valence-electron chi connectivity index (χ4n) is 2.81. The van der Waals surface area contributed by atoms with Crippen LogP contribution in [0.5, 0.6) is 5.75 Å². The van der Waals surface area contributed by atoms with Crippen LogP contribution >= 0.6 is 0 Å². The van der Waals surface area contributed by atoms with Crippen molar-refractivity contribution in [2.24, 2.45) is 4.99 Å². The highest BCUT2D eigenvalue weighted by Gasteiger charge is 2.15. The van der Waals surface area contributed by atoms with Gasteiger partial charge < -0.3 is 10.1 Å². The van der Waals surface area contributed by atoms with E-state index < -0.39 is 0 Å². The Morgan fingerprint density at radius 3 is 2.50 bits per heavy atom. The normalized spacial score (nSPS) is 12.7. The number of nitrogens with zero attached hydrogens (tertiary/aromatic N) is 1. The Kier molecular flexibility index (Phi) is 3.04. The van der Waals surface area contributed by atoms with Crippen molar-refractivity contribution in [3.63, 3.8) is 0 Å². The second kappa shape index (κ2) is 5.19. The second-order valence-electron chi connectivity index (χ2n) is 5.22. The van der Waals surface area contributed by atoms with Gasteiger partial charge in [-0.2, -0.15) is 0 Å². The average molecular weight is 288 g/mol. The third kappa shape index (κ3) is 2.11. The van der Waals surface area contributed by atoms with Crippen LogP contribution in [0.25, 0.3) is 10.8 Å². The summed E-state index contributed by atoms with van der Waals surface area (Å²) in [5, 5.41) is 5.82. The van der Waals surface area contributed by atoms with Gasteiger partial charge in [0.05, 0.1) is 12.3 Å². The lowest BCUT2D eigenvalue weighted by atomic mass is 10.0. The van der Waals surface area contributed by atoms with Crippen LogP contribution in [0.3, 0.4) is 0 Å². The molecule has 0 saturated carbocycles. The molecule has 1 aliphatic rings. The lowest BCUT2D eigenvalue weighted by molar-refractivity contribution is 0.340. The third-order valence-corrected chi connectivity index (χ3v) is 3.81. The molecule has 0 bridgehead atoms. The summed E-state index contributed by atoms with van der Waals surface area (Å²) in [5.74, 6) is 1.75. The van der Waals surface area contributed by atoms with E-state index in [1.807, 2.05) is 37.3 Å². The van der Waals surface area contributed by atoms with Gasteiger partial charge in [-0.05, 0) is 48.7 Å². The van der Waals surface area contributed by atoms with Crippen molar-refractivity contribution < 1.29 is 4.74 Å². The molecule has 0 radical (unpaired) electrons. The molecule has 22 heavy (non-hydrogen) atoms. The fraction of sp³-hybridized carbons (Fsp3) is 0.105. The quantitative estimate of drug-likeness (QED) is 0.755. The number of anilines is 1. The molecule has 0 aromatic heterocycles. The summed E-state index contributed by atoms with van der Waals surface area (Å²) in [4.78, 5) is 4.77. The van der Waals surface area contributed by atoms with Gasteiger partial charge in [0.2, 0.25) is 0 Å². The maximum Gasteiger partial charge on any atom is 0.138 e. The molecular weight excluding hydrogens is 272 g/mol. The predicted molar refractivity (Wildman–Crippen MR) is 91.4 cm³/mol. The molecule has 0 aliphatic carbocycles. The molecule has 1 aliphatic heterocycles. The summed E-state index contributed by atoms with van der Waals surface area (Å²) in [6.07, 6.45) is 0. The van der Waals surface area contributed by atoms with Crippen LogP contribution in [0.2, 0.25) is 0 Å². The third-order valence-electron chi connectivity index (χ3n) is 3.81. The van der Waals surface area contributed by atoms with Crippen molar-refractivity contribution in [1.82, 2.24) is 0 Å². The smallest absolute Gasteiger partial charge is 0.138 e. The summed E-state index contributed by atoms with van der Waals surface area (Å²) in [5.41, 5.74) is 3.16. The van der Waals surface area contributed by atoms with E-state index in [1.165, 1.54) is 10.8 Å². The van der Waals surface area contributed by atoms with Gasteiger partial charge in [-0.15, -0.1) is 0 Å². The van der Waals surface area contributed by atoms with Crippen LogP contribution in [0.15, 0.2) is 65.7 Å². The first kappa shape index (κ1) is 12.9. The minimum Gasteiger partial charge on any atom is -0.494 e. The Morgan fingerprint density at radius 1 is 0.955 bits per heavy atom. The Labute approximate surface area is 129 Å². The Hall–Kier alpha value is -2.81. The molecule has 3 nitrogen and oxygen atoms in total. The molecule has 1 heterocycles. The number of aliphatic imine (C=N–C) groups is 1. The minimum atomic E-state index is 0.675. The minimum absolute atomic E-state index is 0.675. The first-order valence-corrected chi connectivity index (χ1v) is 7.46. The molecule has 108 valence electrons.